The molecule has 23 heavy (non-hydrogen) atoms. The minimum atomic E-state index is -4.37. The molecule has 126 valence electrons. The van der Waals surface area contributed by atoms with E-state index < -0.39 is 29.6 Å². The van der Waals surface area contributed by atoms with Crippen molar-refractivity contribution in [1.82, 2.24) is 4.90 Å². The molecule has 1 aromatic rings. The normalized spacial score (nSPS) is 19.7. The molecule has 1 aliphatic rings. The molecule has 7 heteroatoms. The fourth-order valence-corrected chi connectivity index (χ4v) is 2.88. The van der Waals surface area contributed by atoms with Gasteiger partial charge in [-0.2, -0.15) is 13.2 Å². The number of primary amides is 1. The van der Waals surface area contributed by atoms with Gasteiger partial charge in [-0.05, 0) is 37.0 Å². The predicted octanol–water partition coefficient (Wildman–Crippen LogP) is 2.36. The number of benzene rings is 1. The van der Waals surface area contributed by atoms with Crippen LogP contribution >= 0.6 is 0 Å². The Bertz CT molecular complexity index is 584. The second-order valence-corrected chi connectivity index (χ2v) is 5.89. The van der Waals surface area contributed by atoms with Gasteiger partial charge in [-0.15, -0.1) is 0 Å². The van der Waals surface area contributed by atoms with Crippen LogP contribution in [-0.2, 0) is 22.2 Å². The zero-order valence-electron chi connectivity index (χ0n) is 12.8. The SMILES string of the molecule is C[C@H](Cc1ccc(C(F)(F)F)cc1)C(=O)N1CCC[C@@H]1C(N)=O. The highest BCUT2D eigenvalue weighted by atomic mass is 19.4. The molecule has 0 unspecified atom stereocenters. The van der Waals surface area contributed by atoms with Crippen molar-refractivity contribution in [3.63, 3.8) is 0 Å². The molecule has 0 spiro atoms. The number of rotatable bonds is 4. The highest BCUT2D eigenvalue weighted by molar-refractivity contribution is 5.88. The van der Waals surface area contributed by atoms with Crippen LogP contribution in [0.1, 0.15) is 30.9 Å². The Morgan fingerprint density at radius 2 is 1.91 bits per heavy atom. The zero-order chi connectivity index (χ0) is 17.2. The number of amides is 2. The molecule has 1 fully saturated rings. The molecule has 0 radical (unpaired) electrons. The zero-order valence-corrected chi connectivity index (χ0v) is 12.8. The van der Waals surface area contributed by atoms with E-state index in [9.17, 15) is 22.8 Å². The number of likely N-dealkylation sites (tertiary alicyclic amines) is 1. The number of alkyl halides is 3. The van der Waals surface area contributed by atoms with E-state index in [0.717, 1.165) is 18.6 Å². The number of hydrogen-bond acceptors (Lipinski definition) is 2. The van der Waals surface area contributed by atoms with Gasteiger partial charge >= 0.3 is 6.18 Å². The van der Waals surface area contributed by atoms with Gasteiger partial charge < -0.3 is 10.6 Å². The minimum Gasteiger partial charge on any atom is -0.368 e. The summed E-state index contributed by atoms with van der Waals surface area (Å²) in [5.74, 6) is -1.13. The smallest absolute Gasteiger partial charge is 0.368 e. The molecule has 1 heterocycles. The van der Waals surface area contributed by atoms with Crippen LogP contribution in [0, 0.1) is 5.92 Å². The molecule has 0 bridgehead atoms. The molecule has 2 rings (SSSR count). The minimum absolute atomic E-state index is 0.189. The van der Waals surface area contributed by atoms with E-state index in [2.05, 4.69) is 0 Å². The maximum atomic E-state index is 12.5. The van der Waals surface area contributed by atoms with Crippen LogP contribution in [0.5, 0.6) is 0 Å². The van der Waals surface area contributed by atoms with Gasteiger partial charge in [0.05, 0.1) is 5.56 Å². The summed E-state index contributed by atoms with van der Waals surface area (Å²) in [7, 11) is 0. The lowest BCUT2D eigenvalue weighted by Crippen LogP contribution is -2.46. The standard InChI is InChI=1S/C16H19F3N2O2/c1-10(15(23)21-8-2-3-13(21)14(20)22)9-11-4-6-12(7-5-11)16(17,18)19/h4-7,10,13H,2-3,8-9H2,1H3,(H2,20,22)/t10-,13-/m1/s1. The molecule has 4 nitrogen and oxygen atoms in total. The second-order valence-electron chi connectivity index (χ2n) is 5.89. The third-order valence-electron chi connectivity index (χ3n) is 4.11. The fraction of sp³-hybridized carbons (Fsp3) is 0.500. The third-order valence-corrected chi connectivity index (χ3v) is 4.11. The van der Waals surface area contributed by atoms with Crippen LogP contribution in [0.3, 0.4) is 0 Å². The average molecular weight is 328 g/mol. The second kappa shape index (κ2) is 6.60. The number of carbonyl (C=O) groups excluding carboxylic acids is 2. The quantitative estimate of drug-likeness (QED) is 0.922. The Morgan fingerprint density at radius 1 is 1.30 bits per heavy atom. The van der Waals surface area contributed by atoms with E-state index in [4.69, 9.17) is 5.73 Å². The van der Waals surface area contributed by atoms with Crippen LogP contribution < -0.4 is 5.73 Å². The molecular weight excluding hydrogens is 309 g/mol. The molecule has 0 saturated carbocycles. The number of halogens is 3. The van der Waals surface area contributed by atoms with Gasteiger partial charge in [0.2, 0.25) is 11.8 Å². The van der Waals surface area contributed by atoms with Gasteiger partial charge in [0.25, 0.3) is 0 Å². The van der Waals surface area contributed by atoms with Crippen molar-refractivity contribution < 1.29 is 22.8 Å². The average Bonchev–Trinajstić information content (AvgIpc) is 2.95. The van der Waals surface area contributed by atoms with Crippen LogP contribution in [0.4, 0.5) is 13.2 Å². The summed E-state index contributed by atoms with van der Waals surface area (Å²) in [6.07, 6.45) is -2.76. The summed E-state index contributed by atoms with van der Waals surface area (Å²) in [5.41, 5.74) is 5.23. The van der Waals surface area contributed by atoms with Crippen molar-refractivity contribution in [2.24, 2.45) is 11.7 Å². The van der Waals surface area contributed by atoms with Gasteiger partial charge in [0.1, 0.15) is 6.04 Å². The summed E-state index contributed by atoms with van der Waals surface area (Å²) in [6, 6.07) is 4.20. The van der Waals surface area contributed by atoms with Crippen molar-refractivity contribution in [1.29, 1.82) is 0 Å². The Morgan fingerprint density at radius 3 is 2.43 bits per heavy atom. The van der Waals surface area contributed by atoms with Gasteiger partial charge in [0, 0.05) is 12.5 Å². The summed E-state index contributed by atoms with van der Waals surface area (Å²) >= 11 is 0. The lowest BCUT2D eigenvalue weighted by atomic mass is 9.98. The molecular formula is C16H19F3N2O2. The van der Waals surface area contributed by atoms with E-state index in [-0.39, 0.29) is 5.91 Å². The summed E-state index contributed by atoms with van der Waals surface area (Å²) in [5, 5.41) is 0. The maximum Gasteiger partial charge on any atom is 0.416 e. The van der Waals surface area contributed by atoms with E-state index in [0.29, 0.717) is 24.9 Å². The van der Waals surface area contributed by atoms with E-state index in [1.165, 1.54) is 17.0 Å². The maximum absolute atomic E-state index is 12.5. The first-order valence-corrected chi connectivity index (χ1v) is 7.46. The fourth-order valence-electron chi connectivity index (χ4n) is 2.88. The molecule has 1 aromatic carbocycles. The predicted molar refractivity (Wildman–Crippen MR) is 78.2 cm³/mol. The van der Waals surface area contributed by atoms with Crippen LogP contribution in [0.25, 0.3) is 0 Å². The van der Waals surface area contributed by atoms with Crippen molar-refractivity contribution in [2.75, 3.05) is 6.54 Å². The highest BCUT2D eigenvalue weighted by Gasteiger charge is 2.35. The Labute approximate surface area is 132 Å². The van der Waals surface area contributed by atoms with Crippen LogP contribution in [0.2, 0.25) is 0 Å². The number of nitrogens with two attached hydrogens (primary N) is 1. The number of hydrogen-bond donors (Lipinski definition) is 1. The van der Waals surface area contributed by atoms with Crippen LogP contribution in [0.15, 0.2) is 24.3 Å². The van der Waals surface area contributed by atoms with Crippen molar-refractivity contribution in [3.05, 3.63) is 35.4 Å². The number of carbonyl (C=O) groups is 2. The third kappa shape index (κ3) is 4.03. The molecule has 1 aliphatic heterocycles. The van der Waals surface area contributed by atoms with E-state index in [1.807, 2.05) is 0 Å². The lowest BCUT2D eigenvalue weighted by Gasteiger charge is -2.25. The Kier molecular flexibility index (Phi) is 4.97. The van der Waals surface area contributed by atoms with Gasteiger partial charge in [-0.1, -0.05) is 19.1 Å². The lowest BCUT2D eigenvalue weighted by molar-refractivity contribution is -0.140. The first-order valence-electron chi connectivity index (χ1n) is 7.46. The molecule has 1 saturated heterocycles. The topological polar surface area (TPSA) is 63.4 Å². The molecule has 2 amide bonds. The summed E-state index contributed by atoms with van der Waals surface area (Å²) in [6.45, 7) is 2.19. The summed E-state index contributed by atoms with van der Waals surface area (Å²) < 4.78 is 37.6. The monoisotopic (exact) mass is 328 g/mol. The molecule has 2 N–H and O–H groups in total. The largest absolute Gasteiger partial charge is 0.416 e. The highest BCUT2D eigenvalue weighted by Crippen LogP contribution is 2.29. The van der Waals surface area contributed by atoms with Gasteiger partial charge in [-0.25, -0.2) is 0 Å². The van der Waals surface area contributed by atoms with Crippen molar-refractivity contribution >= 4 is 11.8 Å². The summed E-state index contributed by atoms with van der Waals surface area (Å²) in [4.78, 5) is 25.3. The first kappa shape index (κ1) is 17.3. The van der Waals surface area contributed by atoms with E-state index >= 15 is 0 Å². The van der Waals surface area contributed by atoms with Gasteiger partial charge in [0.15, 0.2) is 0 Å². The van der Waals surface area contributed by atoms with Crippen molar-refractivity contribution in [3.8, 4) is 0 Å². The number of nitrogens with zero attached hydrogens (tertiary/aromatic N) is 1. The van der Waals surface area contributed by atoms with Crippen molar-refractivity contribution in [2.45, 2.75) is 38.4 Å². The Balaban J connectivity index is 2.02. The Hall–Kier alpha value is -2.05. The van der Waals surface area contributed by atoms with Gasteiger partial charge in [-0.3, -0.25) is 9.59 Å². The molecule has 0 aliphatic carbocycles. The van der Waals surface area contributed by atoms with Crippen LogP contribution in [-0.4, -0.2) is 29.3 Å². The molecule has 2 atom stereocenters. The first-order chi connectivity index (χ1) is 10.7. The molecule has 0 aromatic heterocycles. The van der Waals surface area contributed by atoms with E-state index in [1.54, 1.807) is 6.92 Å².